The second kappa shape index (κ2) is 6.66. The first-order valence-electron chi connectivity index (χ1n) is 7.10. The third-order valence-electron chi connectivity index (χ3n) is 3.48. The zero-order chi connectivity index (χ0) is 14.5. The summed E-state index contributed by atoms with van der Waals surface area (Å²) < 4.78 is 15.2. The Morgan fingerprint density at radius 2 is 2.10 bits per heavy atom. The van der Waals surface area contributed by atoms with E-state index in [0.29, 0.717) is 6.54 Å². The Balaban J connectivity index is 2.15. The van der Waals surface area contributed by atoms with Gasteiger partial charge in [0.2, 0.25) is 0 Å². The highest BCUT2D eigenvalue weighted by molar-refractivity contribution is 5.26. The maximum atomic E-state index is 13.2. The number of halogens is 1. The SMILES string of the molecule is CCCNCc1c(C)nn(Cc2cccc(F)c2)c1C. The standard InChI is InChI=1S/C16H22FN3/c1-4-8-18-10-16-12(2)19-20(13(16)3)11-14-6-5-7-15(17)9-14/h5-7,9,18H,4,8,10-11H2,1-3H3. The van der Waals surface area contributed by atoms with Gasteiger partial charge in [-0.05, 0) is 44.5 Å². The third-order valence-corrected chi connectivity index (χ3v) is 3.48. The van der Waals surface area contributed by atoms with Gasteiger partial charge in [-0.25, -0.2) is 4.39 Å². The van der Waals surface area contributed by atoms with Gasteiger partial charge >= 0.3 is 0 Å². The number of rotatable bonds is 6. The van der Waals surface area contributed by atoms with Gasteiger partial charge in [-0.2, -0.15) is 5.10 Å². The molecule has 2 rings (SSSR count). The van der Waals surface area contributed by atoms with Gasteiger partial charge in [0.05, 0.1) is 12.2 Å². The van der Waals surface area contributed by atoms with Crippen LogP contribution in [-0.2, 0) is 13.1 Å². The smallest absolute Gasteiger partial charge is 0.123 e. The molecule has 0 amide bonds. The average molecular weight is 275 g/mol. The first kappa shape index (κ1) is 14.7. The minimum absolute atomic E-state index is 0.200. The van der Waals surface area contributed by atoms with Crippen LogP contribution in [-0.4, -0.2) is 16.3 Å². The lowest BCUT2D eigenvalue weighted by Crippen LogP contribution is -2.15. The summed E-state index contributed by atoms with van der Waals surface area (Å²) in [7, 11) is 0. The number of aromatic nitrogens is 2. The molecule has 1 N–H and O–H groups in total. The van der Waals surface area contributed by atoms with E-state index in [1.807, 2.05) is 17.7 Å². The van der Waals surface area contributed by atoms with Crippen molar-refractivity contribution in [3.8, 4) is 0 Å². The molecule has 1 aromatic heterocycles. The topological polar surface area (TPSA) is 29.9 Å². The third kappa shape index (κ3) is 3.45. The summed E-state index contributed by atoms with van der Waals surface area (Å²) in [6.45, 7) is 8.71. The number of nitrogens with one attached hydrogen (secondary N) is 1. The fourth-order valence-corrected chi connectivity index (χ4v) is 2.34. The van der Waals surface area contributed by atoms with Crippen molar-refractivity contribution in [2.45, 2.75) is 40.3 Å². The van der Waals surface area contributed by atoms with Crippen LogP contribution < -0.4 is 5.32 Å². The lowest BCUT2D eigenvalue weighted by Gasteiger charge is -2.07. The van der Waals surface area contributed by atoms with E-state index >= 15 is 0 Å². The first-order chi connectivity index (χ1) is 9.61. The molecule has 0 saturated carbocycles. The molecule has 0 aliphatic heterocycles. The molecule has 0 aliphatic rings. The number of hydrogen-bond acceptors (Lipinski definition) is 2. The van der Waals surface area contributed by atoms with Crippen LogP contribution in [0.15, 0.2) is 24.3 Å². The zero-order valence-corrected chi connectivity index (χ0v) is 12.4. The highest BCUT2D eigenvalue weighted by atomic mass is 19.1. The normalized spacial score (nSPS) is 11.0. The highest BCUT2D eigenvalue weighted by Gasteiger charge is 2.11. The number of nitrogens with zero attached hydrogens (tertiary/aromatic N) is 2. The fourth-order valence-electron chi connectivity index (χ4n) is 2.34. The second-order valence-electron chi connectivity index (χ2n) is 5.11. The van der Waals surface area contributed by atoms with Gasteiger partial charge in [0.1, 0.15) is 5.82 Å². The van der Waals surface area contributed by atoms with Gasteiger partial charge in [0.15, 0.2) is 0 Å². The predicted octanol–water partition coefficient (Wildman–Crippen LogP) is 3.19. The molecule has 0 spiro atoms. The lowest BCUT2D eigenvalue weighted by molar-refractivity contribution is 0.615. The van der Waals surface area contributed by atoms with Crippen LogP contribution >= 0.6 is 0 Å². The van der Waals surface area contributed by atoms with Crippen molar-refractivity contribution in [1.82, 2.24) is 15.1 Å². The molecule has 20 heavy (non-hydrogen) atoms. The van der Waals surface area contributed by atoms with Crippen molar-refractivity contribution in [3.63, 3.8) is 0 Å². The van der Waals surface area contributed by atoms with Gasteiger partial charge in [-0.1, -0.05) is 19.1 Å². The maximum Gasteiger partial charge on any atom is 0.123 e. The van der Waals surface area contributed by atoms with Gasteiger partial charge < -0.3 is 5.32 Å². The van der Waals surface area contributed by atoms with E-state index in [0.717, 1.165) is 36.5 Å². The molecule has 1 aromatic carbocycles. The molecule has 1 heterocycles. The number of hydrogen-bond donors (Lipinski definition) is 1. The lowest BCUT2D eigenvalue weighted by atomic mass is 10.2. The Hall–Kier alpha value is -1.68. The van der Waals surface area contributed by atoms with E-state index in [2.05, 4.69) is 24.3 Å². The molecule has 2 aromatic rings. The summed E-state index contributed by atoms with van der Waals surface area (Å²) in [5, 5.41) is 7.97. The van der Waals surface area contributed by atoms with Crippen molar-refractivity contribution in [3.05, 3.63) is 52.6 Å². The van der Waals surface area contributed by atoms with Crippen LogP contribution in [0.2, 0.25) is 0 Å². The van der Waals surface area contributed by atoms with Crippen LogP contribution in [0.1, 0.15) is 35.9 Å². The molecule has 0 fully saturated rings. The monoisotopic (exact) mass is 275 g/mol. The van der Waals surface area contributed by atoms with Crippen molar-refractivity contribution in [2.24, 2.45) is 0 Å². The average Bonchev–Trinajstić information content (AvgIpc) is 2.66. The summed E-state index contributed by atoms with van der Waals surface area (Å²) in [4.78, 5) is 0. The molecule has 0 saturated heterocycles. The number of benzene rings is 1. The first-order valence-corrected chi connectivity index (χ1v) is 7.10. The van der Waals surface area contributed by atoms with E-state index in [9.17, 15) is 4.39 Å². The summed E-state index contributed by atoms with van der Waals surface area (Å²) in [5.41, 5.74) is 4.37. The Morgan fingerprint density at radius 3 is 2.80 bits per heavy atom. The maximum absolute atomic E-state index is 13.2. The van der Waals surface area contributed by atoms with Crippen molar-refractivity contribution in [2.75, 3.05) is 6.54 Å². The van der Waals surface area contributed by atoms with Crippen molar-refractivity contribution >= 4 is 0 Å². The molecule has 0 bridgehead atoms. The van der Waals surface area contributed by atoms with Crippen LogP contribution in [0.5, 0.6) is 0 Å². The summed E-state index contributed by atoms with van der Waals surface area (Å²) in [6, 6.07) is 6.69. The molecule has 0 aliphatic carbocycles. The quantitative estimate of drug-likeness (QED) is 0.821. The van der Waals surface area contributed by atoms with Gasteiger partial charge in [0, 0.05) is 17.8 Å². The molecule has 0 radical (unpaired) electrons. The van der Waals surface area contributed by atoms with E-state index < -0.39 is 0 Å². The van der Waals surface area contributed by atoms with Crippen LogP contribution in [0.3, 0.4) is 0 Å². The van der Waals surface area contributed by atoms with E-state index in [1.165, 1.54) is 11.6 Å². The van der Waals surface area contributed by atoms with Gasteiger partial charge in [-0.3, -0.25) is 4.68 Å². The minimum atomic E-state index is -0.200. The van der Waals surface area contributed by atoms with Crippen LogP contribution in [0, 0.1) is 19.7 Å². The van der Waals surface area contributed by atoms with E-state index in [1.54, 1.807) is 12.1 Å². The Labute approximate surface area is 119 Å². The summed E-state index contributed by atoms with van der Waals surface area (Å²) in [5.74, 6) is -0.200. The van der Waals surface area contributed by atoms with Crippen LogP contribution in [0.25, 0.3) is 0 Å². The molecule has 0 unspecified atom stereocenters. The van der Waals surface area contributed by atoms with E-state index in [4.69, 9.17) is 0 Å². The Morgan fingerprint density at radius 1 is 1.30 bits per heavy atom. The molecular weight excluding hydrogens is 253 g/mol. The summed E-state index contributed by atoms with van der Waals surface area (Å²) in [6.07, 6.45) is 1.12. The van der Waals surface area contributed by atoms with Gasteiger partial charge in [0.25, 0.3) is 0 Å². The molecule has 108 valence electrons. The fraction of sp³-hybridized carbons (Fsp3) is 0.438. The van der Waals surface area contributed by atoms with Gasteiger partial charge in [-0.15, -0.1) is 0 Å². The Kier molecular flexibility index (Phi) is 4.90. The highest BCUT2D eigenvalue weighted by Crippen LogP contribution is 2.15. The molecule has 0 atom stereocenters. The largest absolute Gasteiger partial charge is 0.313 e. The second-order valence-corrected chi connectivity index (χ2v) is 5.11. The zero-order valence-electron chi connectivity index (χ0n) is 12.4. The minimum Gasteiger partial charge on any atom is -0.313 e. The molecular formula is C16H22FN3. The van der Waals surface area contributed by atoms with E-state index in [-0.39, 0.29) is 5.82 Å². The van der Waals surface area contributed by atoms with Crippen molar-refractivity contribution < 1.29 is 4.39 Å². The predicted molar refractivity (Wildman–Crippen MR) is 79.2 cm³/mol. The number of aryl methyl sites for hydroxylation is 1. The summed E-state index contributed by atoms with van der Waals surface area (Å²) >= 11 is 0. The molecule has 4 heteroatoms. The van der Waals surface area contributed by atoms with Crippen molar-refractivity contribution in [1.29, 1.82) is 0 Å². The Bertz CT molecular complexity index is 575. The molecule has 3 nitrogen and oxygen atoms in total. The van der Waals surface area contributed by atoms with Crippen LogP contribution in [0.4, 0.5) is 4.39 Å².